The number of hydrogen-bond donors (Lipinski definition) is 2. The highest BCUT2D eigenvalue weighted by atomic mass is 16.5. The third-order valence-corrected chi connectivity index (χ3v) is 4.80. The van der Waals surface area contributed by atoms with E-state index in [-0.39, 0.29) is 17.5 Å². The number of carbonyl (C=O) groups is 3. The van der Waals surface area contributed by atoms with E-state index in [1.54, 1.807) is 67.7 Å². The topological polar surface area (TPSA) is 137 Å². The van der Waals surface area contributed by atoms with Crippen LogP contribution in [0.5, 0.6) is 5.75 Å². The second-order valence-electron chi connectivity index (χ2n) is 7.35. The predicted molar refractivity (Wildman–Crippen MR) is 126 cm³/mol. The van der Waals surface area contributed by atoms with Crippen LogP contribution in [0.15, 0.2) is 60.8 Å². The molecule has 0 radical (unpaired) electrons. The second kappa shape index (κ2) is 10.4. The average Bonchev–Trinajstić information content (AvgIpc) is 3.30. The Bertz CT molecular complexity index is 1370. The summed E-state index contributed by atoms with van der Waals surface area (Å²) in [6, 6.07) is 15.1. The number of fused-ring (bicyclic) bond motifs is 1. The van der Waals surface area contributed by atoms with Crippen molar-refractivity contribution in [1.82, 2.24) is 19.6 Å². The Morgan fingerprint density at radius 3 is 2.31 bits per heavy atom. The van der Waals surface area contributed by atoms with Gasteiger partial charge in [0.15, 0.2) is 6.61 Å². The summed E-state index contributed by atoms with van der Waals surface area (Å²) in [6.07, 6.45) is 1.55. The minimum Gasteiger partial charge on any atom is -0.494 e. The van der Waals surface area contributed by atoms with Crippen molar-refractivity contribution in [2.45, 2.75) is 13.8 Å². The van der Waals surface area contributed by atoms with Crippen LogP contribution in [0, 0.1) is 6.92 Å². The summed E-state index contributed by atoms with van der Waals surface area (Å²) in [7, 11) is 0. The van der Waals surface area contributed by atoms with E-state index in [1.807, 2.05) is 6.92 Å². The molecule has 2 N–H and O–H groups in total. The number of amides is 2. The maximum absolute atomic E-state index is 12.5. The molecule has 0 unspecified atom stereocenters. The van der Waals surface area contributed by atoms with Gasteiger partial charge in [-0.05, 0) is 68.4 Å². The standard InChI is InChI=1S/C24H22N6O5/c1-3-34-19-10-8-18(9-11-19)27-22(32)16-4-6-17(7-5-16)26-20(31)14-35-23(33)21-28-24-25-13-12-15(2)30(24)29-21/h4-13H,3,14H2,1-2H3,(H,26,31)(H,27,32). The fraction of sp³-hybridized carbons (Fsp3) is 0.167. The molecule has 178 valence electrons. The second-order valence-corrected chi connectivity index (χ2v) is 7.35. The molecule has 0 atom stereocenters. The largest absolute Gasteiger partial charge is 0.494 e. The summed E-state index contributed by atoms with van der Waals surface area (Å²) >= 11 is 0. The molecule has 35 heavy (non-hydrogen) atoms. The van der Waals surface area contributed by atoms with Crippen LogP contribution in [0.1, 0.15) is 33.6 Å². The van der Waals surface area contributed by atoms with Crippen LogP contribution >= 0.6 is 0 Å². The molecule has 0 aliphatic carbocycles. The zero-order valence-corrected chi connectivity index (χ0v) is 19.0. The summed E-state index contributed by atoms with van der Waals surface area (Å²) in [5.41, 5.74) is 2.22. The molecule has 0 bridgehead atoms. The molecule has 11 heteroatoms. The Labute approximate surface area is 200 Å². The highest BCUT2D eigenvalue weighted by Crippen LogP contribution is 2.17. The van der Waals surface area contributed by atoms with Gasteiger partial charge in [0.25, 0.3) is 23.4 Å². The van der Waals surface area contributed by atoms with Crippen molar-refractivity contribution < 1.29 is 23.9 Å². The number of ether oxygens (including phenoxy) is 2. The van der Waals surface area contributed by atoms with Crippen LogP contribution in [0.3, 0.4) is 0 Å². The van der Waals surface area contributed by atoms with Gasteiger partial charge in [0.2, 0.25) is 0 Å². The Hall–Kier alpha value is -4.80. The minimum absolute atomic E-state index is 0.192. The van der Waals surface area contributed by atoms with Gasteiger partial charge in [0, 0.05) is 28.8 Å². The zero-order valence-electron chi connectivity index (χ0n) is 19.0. The lowest BCUT2D eigenvalue weighted by atomic mass is 10.2. The smallest absolute Gasteiger partial charge is 0.378 e. The molecular formula is C24H22N6O5. The molecule has 2 aromatic heterocycles. The lowest BCUT2D eigenvalue weighted by molar-refractivity contribution is -0.119. The predicted octanol–water partition coefficient (Wildman–Crippen LogP) is 2.88. The van der Waals surface area contributed by atoms with Gasteiger partial charge in [0.1, 0.15) is 5.75 Å². The normalized spacial score (nSPS) is 10.6. The number of hydrogen-bond acceptors (Lipinski definition) is 8. The first kappa shape index (κ1) is 23.4. The van der Waals surface area contributed by atoms with Gasteiger partial charge in [-0.3, -0.25) is 9.59 Å². The molecule has 4 rings (SSSR count). The number of rotatable bonds is 8. The van der Waals surface area contributed by atoms with E-state index in [2.05, 4.69) is 25.7 Å². The maximum Gasteiger partial charge on any atom is 0.378 e. The first-order valence-corrected chi connectivity index (χ1v) is 10.7. The number of nitrogens with zero attached hydrogens (tertiary/aromatic N) is 4. The van der Waals surface area contributed by atoms with Gasteiger partial charge in [-0.2, -0.15) is 4.98 Å². The van der Waals surface area contributed by atoms with Crippen molar-refractivity contribution in [3.63, 3.8) is 0 Å². The SMILES string of the molecule is CCOc1ccc(NC(=O)c2ccc(NC(=O)COC(=O)c3nc4nccc(C)n4n3)cc2)cc1. The molecular weight excluding hydrogens is 452 g/mol. The molecule has 0 fully saturated rings. The zero-order chi connectivity index (χ0) is 24.8. The van der Waals surface area contributed by atoms with Crippen molar-refractivity contribution >= 4 is 34.9 Å². The number of anilines is 2. The third-order valence-electron chi connectivity index (χ3n) is 4.80. The molecule has 0 aliphatic heterocycles. The van der Waals surface area contributed by atoms with E-state index < -0.39 is 18.5 Å². The van der Waals surface area contributed by atoms with Crippen molar-refractivity contribution in [3.8, 4) is 5.75 Å². The molecule has 4 aromatic rings. The molecule has 2 heterocycles. The first-order chi connectivity index (χ1) is 16.9. The minimum atomic E-state index is -0.841. The number of esters is 1. The van der Waals surface area contributed by atoms with Crippen LogP contribution in [-0.4, -0.2) is 50.6 Å². The lowest BCUT2D eigenvalue weighted by Crippen LogP contribution is -2.21. The molecule has 2 aromatic carbocycles. The summed E-state index contributed by atoms with van der Waals surface area (Å²) in [5.74, 6) is -0.909. The fourth-order valence-electron chi connectivity index (χ4n) is 3.09. The van der Waals surface area contributed by atoms with Crippen molar-refractivity contribution in [1.29, 1.82) is 0 Å². The maximum atomic E-state index is 12.5. The van der Waals surface area contributed by atoms with Gasteiger partial charge in [-0.25, -0.2) is 14.3 Å². The van der Waals surface area contributed by atoms with E-state index in [4.69, 9.17) is 9.47 Å². The van der Waals surface area contributed by atoms with E-state index >= 15 is 0 Å². The number of nitrogens with one attached hydrogen (secondary N) is 2. The summed E-state index contributed by atoms with van der Waals surface area (Å²) in [5, 5.41) is 9.43. The highest BCUT2D eigenvalue weighted by Gasteiger charge is 2.17. The van der Waals surface area contributed by atoms with Crippen LogP contribution in [0.4, 0.5) is 11.4 Å². The van der Waals surface area contributed by atoms with E-state index in [9.17, 15) is 14.4 Å². The molecule has 0 spiro atoms. The highest BCUT2D eigenvalue weighted by molar-refractivity contribution is 6.04. The van der Waals surface area contributed by atoms with Gasteiger partial charge in [-0.15, -0.1) is 5.10 Å². The molecule has 0 saturated carbocycles. The fourth-order valence-corrected chi connectivity index (χ4v) is 3.09. The van der Waals surface area contributed by atoms with Crippen LogP contribution < -0.4 is 15.4 Å². The van der Waals surface area contributed by atoms with Gasteiger partial charge in [-0.1, -0.05) is 0 Å². The molecule has 11 nitrogen and oxygen atoms in total. The third kappa shape index (κ3) is 5.77. The van der Waals surface area contributed by atoms with Crippen molar-refractivity contribution in [3.05, 3.63) is 77.9 Å². The number of aromatic nitrogens is 4. The Morgan fingerprint density at radius 1 is 0.943 bits per heavy atom. The Balaban J connectivity index is 1.28. The number of aryl methyl sites for hydroxylation is 1. The summed E-state index contributed by atoms with van der Waals surface area (Å²) < 4.78 is 11.8. The molecule has 0 aliphatic rings. The quantitative estimate of drug-likeness (QED) is 0.372. The van der Waals surface area contributed by atoms with Crippen LogP contribution in [-0.2, 0) is 9.53 Å². The molecule has 0 saturated heterocycles. The molecule has 2 amide bonds. The van der Waals surface area contributed by atoms with E-state index in [1.165, 1.54) is 4.52 Å². The first-order valence-electron chi connectivity index (χ1n) is 10.7. The lowest BCUT2D eigenvalue weighted by Gasteiger charge is -2.09. The Morgan fingerprint density at radius 2 is 1.63 bits per heavy atom. The van der Waals surface area contributed by atoms with E-state index in [0.717, 1.165) is 11.4 Å². The van der Waals surface area contributed by atoms with Gasteiger partial charge >= 0.3 is 5.97 Å². The average molecular weight is 474 g/mol. The van der Waals surface area contributed by atoms with Gasteiger partial charge < -0.3 is 20.1 Å². The number of benzene rings is 2. The Kier molecular flexibility index (Phi) is 6.96. The number of carbonyl (C=O) groups excluding carboxylic acids is 3. The van der Waals surface area contributed by atoms with Crippen LogP contribution in [0.2, 0.25) is 0 Å². The van der Waals surface area contributed by atoms with Crippen molar-refractivity contribution in [2.24, 2.45) is 0 Å². The van der Waals surface area contributed by atoms with Crippen molar-refractivity contribution in [2.75, 3.05) is 23.8 Å². The summed E-state index contributed by atoms with van der Waals surface area (Å²) in [4.78, 5) is 44.8. The van der Waals surface area contributed by atoms with Crippen LogP contribution in [0.25, 0.3) is 5.78 Å². The monoisotopic (exact) mass is 474 g/mol. The summed E-state index contributed by atoms with van der Waals surface area (Å²) in [6.45, 7) is 3.72. The van der Waals surface area contributed by atoms with E-state index in [0.29, 0.717) is 23.5 Å². The van der Waals surface area contributed by atoms with Gasteiger partial charge in [0.05, 0.1) is 6.61 Å².